The lowest BCUT2D eigenvalue weighted by atomic mass is 9.33. The molecule has 4 heteroatoms. The fraction of sp³-hybridized carbons (Fsp3) is 0.382. The predicted octanol–water partition coefficient (Wildman–Crippen LogP) is 18.0. The number of thiophene rings is 1. The molecule has 0 atom stereocenters. The van der Waals surface area contributed by atoms with Crippen molar-refractivity contribution < 1.29 is 0 Å². The molecule has 0 spiro atoms. The Morgan fingerprint density at radius 1 is 0.472 bits per heavy atom. The highest BCUT2D eigenvalue weighted by atomic mass is 32.1. The van der Waals surface area contributed by atoms with E-state index >= 15 is 0 Å². The van der Waals surface area contributed by atoms with Crippen LogP contribution in [0.1, 0.15) is 180 Å². The van der Waals surface area contributed by atoms with Gasteiger partial charge in [-0.15, -0.1) is 11.3 Å². The number of fused-ring (bicyclic) bond motifs is 9. The Hall–Kier alpha value is -5.58. The fourth-order valence-corrected chi connectivity index (χ4v) is 14.5. The van der Waals surface area contributed by atoms with E-state index in [1.54, 1.807) is 0 Å². The molecule has 2 nitrogen and oxygen atoms in total. The Labute approximate surface area is 436 Å². The van der Waals surface area contributed by atoms with Crippen molar-refractivity contribution in [2.24, 2.45) is 0 Å². The normalized spacial score (nSPS) is 18.0. The van der Waals surface area contributed by atoms with Crippen LogP contribution < -0.4 is 26.2 Å². The monoisotopic (exact) mass is 963 g/mol. The standard InChI is InChI=1S/C68H75BN2S/c1-40(2)43-21-26-61-48(31-43)49-36-54-58(39-62(49)72-61)71(56-25-22-45(64(5,6)7)34-47(56)42-19-17-16-18-20-42)60-33-44(41(3)4)32-59-63(60)69(54)55-37-52-53(68(14,15)30-29-67(52,12)13)38-57(55)70(59)46-23-24-50-51(35-46)66(10,11)28-27-65(50,8)9/h16-26,31-41H,27-30H2,1-15H3. The second-order valence-electron chi connectivity index (χ2n) is 26.7. The van der Waals surface area contributed by atoms with Crippen LogP contribution in [0.3, 0.4) is 0 Å². The summed E-state index contributed by atoms with van der Waals surface area (Å²) in [5, 5.41) is 2.75. The van der Waals surface area contributed by atoms with E-state index in [0.29, 0.717) is 11.8 Å². The third kappa shape index (κ3) is 7.22. The summed E-state index contributed by atoms with van der Waals surface area (Å²) >= 11 is 1.95. The SMILES string of the molecule is CC(C)c1cc2c3c(c1)N(c1ccc(C(C)(C)C)cc1-c1ccccc1)c1cc4sc5ccc(C(C)C)cc5c4cc1B3c1cc3c(cc1N2c1ccc2c(c1)C(C)(C)CCC2(C)C)C(C)(C)CCC3(C)C. The van der Waals surface area contributed by atoms with Crippen LogP contribution in [0, 0.1) is 0 Å². The maximum Gasteiger partial charge on any atom is 0.252 e. The van der Waals surface area contributed by atoms with E-state index in [1.165, 1.54) is 146 Å². The van der Waals surface area contributed by atoms with Crippen LogP contribution in [0.2, 0.25) is 0 Å². The Morgan fingerprint density at radius 2 is 1.04 bits per heavy atom. The highest BCUT2D eigenvalue weighted by Crippen LogP contribution is 2.54. The lowest BCUT2D eigenvalue weighted by molar-refractivity contribution is 0.332. The van der Waals surface area contributed by atoms with Crippen LogP contribution in [-0.4, -0.2) is 6.71 Å². The van der Waals surface area contributed by atoms with Gasteiger partial charge in [0, 0.05) is 48.8 Å². The van der Waals surface area contributed by atoms with Crippen LogP contribution in [0.25, 0.3) is 31.3 Å². The maximum atomic E-state index is 2.74. The number of anilines is 6. The minimum Gasteiger partial charge on any atom is -0.311 e. The molecule has 366 valence electrons. The summed E-state index contributed by atoms with van der Waals surface area (Å²) in [5.74, 6) is 0.755. The Bertz CT molecular complexity index is 3540. The van der Waals surface area contributed by atoms with Crippen molar-refractivity contribution >= 4 is 88.7 Å². The first kappa shape index (κ1) is 47.4. The van der Waals surface area contributed by atoms with Crippen LogP contribution in [0.4, 0.5) is 34.1 Å². The minimum atomic E-state index is -0.0217. The van der Waals surface area contributed by atoms with Gasteiger partial charge in [-0.3, -0.25) is 0 Å². The number of rotatable bonds is 5. The highest BCUT2D eigenvalue weighted by molar-refractivity contribution is 7.26. The average Bonchev–Trinajstić information content (AvgIpc) is 3.69. The van der Waals surface area contributed by atoms with Crippen molar-refractivity contribution in [3.05, 3.63) is 160 Å². The summed E-state index contributed by atoms with van der Waals surface area (Å²) in [5.41, 5.74) is 24.8. The van der Waals surface area contributed by atoms with Gasteiger partial charge in [-0.25, -0.2) is 0 Å². The topological polar surface area (TPSA) is 6.48 Å². The predicted molar refractivity (Wildman–Crippen MR) is 316 cm³/mol. The van der Waals surface area contributed by atoms with Gasteiger partial charge in [0.1, 0.15) is 0 Å². The largest absolute Gasteiger partial charge is 0.311 e. The molecule has 0 N–H and O–H groups in total. The summed E-state index contributed by atoms with van der Waals surface area (Å²) in [6.45, 7) is 36.4. The second kappa shape index (κ2) is 16.0. The van der Waals surface area contributed by atoms with Gasteiger partial charge in [0.2, 0.25) is 0 Å². The molecule has 0 amide bonds. The zero-order valence-electron chi connectivity index (χ0n) is 45.9. The fourth-order valence-electron chi connectivity index (χ4n) is 13.4. The van der Waals surface area contributed by atoms with Crippen LogP contribution in [-0.2, 0) is 27.1 Å². The molecule has 3 heterocycles. The van der Waals surface area contributed by atoms with Gasteiger partial charge in [0.15, 0.2) is 0 Å². The van der Waals surface area contributed by atoms with E-state index in [9.17, 15) is 0 Å². The molecule has 7 aromatic carbocycles. The minimum absolute atomic E-state index is 0.00880. The number of hydrogen-bond acceptors (Lipinski definition) is 3. The van der Waals surface area contributed by atoms with Gasteiger partial charge in [0.25, 0.3) is 6.71 Å². The Morgan fingerprint density at radius 3 is 1.68 bits per heavy atom. The molecule has 1 aromatic heterocycles. The van der Waals surface area contributed by atoms with Crippen LogP contribution in [0.15, 0.2) is 121 Å². The van der Waals surface area contributed by atoms with Crippen molar-refractivity contribution in [1.82, 2.24) is 0 Å². The first-order chi connectivity index (χ1) is 33.9. The van der Waals surface area contributed by atoms with Crippen molar-refractivity contribution in [2.75, 3.05) is 9.80 Å². The lowest BCUT2D eigenvalue weighted by Gasteiger charge is -2.48. The zero-order valence-corrected chi connectivity index (χ0v) is 46.7. The van der Waals surface area contributed by atoms with Crippen molar-refractivity contribution in [3.63, 3.8) is 0 Å². The molecule has 0 fully saturated rings. The molecule has 0 radical (unpaired) electrons. The van der Waals surface area contributed by atoms with E-state index in [1.807, 2.05) is 11.3 Å². The maximum absolute atomic E-state index is 2.74. The first-order valence-electron chi connectivity index (χ1n) is 27.3. The van der Waals surface area contributed by atoms with Crippen molar-refractivity contribution in [3.8, 4) is 11.1 Å². The second-order valence-corrected chi connectivity index (χ2v) is 27.8. The van der Waals surface area contributed by atoms with Crippen molar-refractivity contribution in [2.45, 2.75) is 168 Å². The first-order valence-corrected chi connectivity index (χ1v) is 28.1. The Kier molecular flexibility index (Phi) is 10.5. The summed E-state index contributed by atoms with van der Waals surface area (Å²) in [7, 11) is 0. The average molecular weight is 963 g/mol. The molecule has 2 aliphatic carbocycles. The molecule has 72 heavy (non-hydrogen) atoms. The molecule has 0 bridgehead atoms. The molecule has 4 aliphatic rings. The van der Waals surface area contributed by atoms with Gasteiger partial charge < -0.3 is 9.80 Å². The number of hydrogen-bond donors (Lipinski definition) is 0. The smallest absolute Gasteiger partial charge is 0.252 e. The van der Waals surface area contributed by atoms with Gasteiger partial charge in [0.05, 0.1) is 5.69 Å². The lowest BCUT2D eigenvalue weighted by Crippen LogP contribution is -2.62. The van der Waals surface area contributed by atoms with E-state index in [2.05, 4.69) is 235 Å². The van der Waals surface area contributed by atoms with E-state index < -0.39 is 0 Å². The third-order valence-electron chi connectivity index (χ3n) is 18.3. The molecular formula is C68H75BN2S. The quantitative estimate of drug-likeness (QED) is 0.159. The third-order valence-corrected chi connectivity index (χ3v) is 19.4. The molecule has 2 aliphatic heterocycles. The van der Waals surface area contributed by atoms with Crippen LogP contribution in [0.5, 0.6) is 0 Å². The summed E-state index contributed by atoms with van der Waals surface area (Å²) in [6.07, 6.45) is 4.72. The van der Waals surface area contributed by atoms with E-state index in [4.69, 9.17) is 0 Å². The summed E-state index contributed by atoms with van der Waals surface area (Å²) in [6, 6.07) is 49.2. The van der Waals surface area contributed by atoms with Gasteiger partial charge >= 0.3 is 0 Å². The van der Waals surface area contributed by atoms with Gasteiger partial charge in [-0.1, -0.05) is 165 Å². The zero-order chi connectivity index (χ0) is 50.8. The Balaban J connectivity index is 1.25. The van der Waals surface area contributed by atoms with Crippen molar-refractivity contribution in [1.29, 1.82) is 0 Å². The summed E-state index contributed by atoms with van der Waals surface area (Å²) < 4.78 is 2.70. The molecule has 0 unspecified atom stereocenters. The van der Waals surface area contributed by atoms with Gasteiger partial charge in [-0.05, 0) is 192 Å². The summed E-state index contributed by atoms with van der Waals surface area (Å²) in [4.78, 5) is 5.45. The number of nitrogens with zero attached hydrogens (tertiary/aromatic N) is 2. The molecule has 12 rings (SSSR count). The molecule has 0 saturated carbocycles. The van der Waals surface area contributed by atoms with E-state index in [0.717, 1.165) is 0 Å². The highest BCUT2D eigenvalue weighted by Gasteiger charge is 2.48. The van der Waals surface area contributed by atoms with Crippen LogP contribution >= 0.6 is 11.3 Å². The van der Waals surface area contributed by atoms with Gasteiger partial charge in [-0.2, -0.15) is 0 Å². The van der Waals surface area contributed by atoms with E-state index in [-0.39, 0.29) is 33.8 Å². The number of benzene rings is 7. The molecular weight excluding hydrogens is 888 g/mol. The molecule has 0 saturated heterocycles. The molecule has 8 aromatic rings.